The number of allylic oxidation sites excluding steroid dienone is 1. The minimum atomic E-state index is 1.17. The maximum atomic E-state index is 4.00. The normalized spacial score (nSPS) is 6.85. The fourth-order valence-electron chi connectivity index (χ4n) is 0.534. The molecular weight excluding hydrogens is 156 g/mol. The van der Waals surface area contributed by atoms with Crippen LogP contribution in [0.25, 0.3) is 0 Å². The molecule has 0 heteroatoms. The smallest absolute Gasteiger partial charge is 0.0398 e. The summed E-state index contributed by atoms with van der Waals surface area (Å²) in [4.78, 5) is 0. The third-order valence-corrected chi connectivity index (χ3v) is 0.940. The van der Waals surface area contributed by atoms with E-state index in [0.717, 1.165) is 0 Å². The first kappa shape index (κ1) is 14.1. The third kappa shape index (κ3) is 18.0. The van der Waals surface area contributed by atoms with Crippen molar-refractivity contribution in [3.63, 3.8) is 0 Å². The second kappa shape index (κ2) is 10.5. The minimum absolute atomic E-state index is 1.17. The molecule has 0 atom stereocenters. The quantitative estimate of drug-likeness (QED) is 0.414. The highest BCUT2D eigenvalue weighted by Gasteiger charge is 1.72. The van der Waals surface area contributed by atoms with E-state index in [-0.39, 0.29) is 0 Å². The molecule has 0 amide bonds. The van der Waals surface area contributed by atoms with Gasteiger partial charge in [0, 0.05) is 0 Å². The highest BCUT2D eigenvalue weighted by molar-refractivity contribution is 5.11. The van der Waals surface area contributed by atoms with Crippen LogP contribution in [0.1, 0.15) is 19.4 Å². The van der Waals surface area contributed by atoms with E-state index < -0.39 is 0 Å². The second-order valence-electron chi connectivity index (χ2n) is 2.86. The molecule has 1 rings (SSSR count). The maximum Gasteiger partial charge on any atom is -0.0398 e. The van der Waals surface area contributed by atoms with Gasteiger partial charge < -0.3 is 0 Å². The molecule has 0 saturated heterocycles. The number of aryl methyl sites for hydroxylation is 1. The van der Waals surface area contributed by atoms with Crippen molar-refractivity contribution in [2.45, 2.75) is 20.8 Å². The summed E-state index contributed by atoms with van der Waals surface area (Å²) in [6, 6.07) is 10.3. The van der Waals surface area contributed by atoms with Gasteiger partial charge in [0.15, 0.2) is 0 Å². The van der Waals surface area contributed by atoms with Crippen LogP contribution in [0.15, 0.2) is 42.5 Å². The van der Waals surface area contributed by atoms with Gasteiger partial charge >= 0.3 is 0 Å². The molecule has 0 aliphatic heterocycles. The fourth-order valence-corrected chi connectivity index (χ4v) is 0.534. The van der Waals surface area contributed by atoms with Crippen LogP contribution in [0, 0.1) is 19.8 Å². The Morgan fingerprint density at radius 2 is 1.38 bits per heavy atom. The fraction of sp³-hybridized carbons (Fsp3) is 0.231. The van der Waals surface area contributed by atoms with Crippen LogP contribution in [0.2, 0.25) is 0 Å². The molecule has 0 aliphatic rings. The van der Waals surface area contributed by atoms with Gasteiger partial charge in [-0.2, -0.15) is 0 Å². The summed E-state index contributed by atoms with van der Waals surface area (Å²) in [5, 5.41) is 0. The summed E-state index contributed by atoms with van der Waals surface area (Å²) >= 11 is 0. The lowest BCUT2D eigenvalue weighted by Gasteiger charge is -1.82. The van der Waals surface area contributed by atoms with Gasteiger partial charge in [0.2, 0.25) is 0 Å². The first-order valence-corrected chi connectivity index (χ1v) is 4.10. The summed E-state index contributed by atoms with van der Waals surface area (Å²) in [6.07, 6.45) is 8.00. The summed E-state index contributed by atoms with van der Waals surface area (Å²) in [7, 11) is 0. The number of hydrogen-bond acceptors (Lipinski definition) is 0. The van der Waals surface area contributed by atoms with Gasteiger partial charge in [-0.3, -0.25) is 0 Å². The maximum absolute atomic E-state index is 4.00. The zero-order valence-corrected chi connectivity index (χ0v) is 8.75. The SMILES string of the molecule is C#C.C=C(C)C.Cc1ccccc1. The standard InChI is InChI=1S/C7H8.C4H8.C2H2/c1-7-5-3-2-4-6-7;1-4(2)3;1-2/h2-6H,1H3;1H2,2-3H3;1-2H. The molecule has 0 aromatic heterocycles. The average Bonchev–Trinajstić information content (AvgIpc) is 2.08. The van der Waals surface area contributed by atoms with Crippen LogP contribution in [0.4, 0.5) is 0 Å². The lowest BCUT2D eigenvalue weighted by Crippen LogP contribution is -1.62. The number of rotatable bonds is 0. The Hall–Kier alpha value is -1.48. The highest BCUT2D eigenvalue weighted by atomic mass is 13.8. The monoisotopic (exact) mass is 174 g/mol. The van der Waals surface area contributed by atoms with Crippen molar-refractivity contribution in [1.82, 2.24) is 0 Å². The molecule has 1 aromatic carbocycles. The molecule has 0 aliphatic carbocycles. The predicted octanol–water partition coefficient (Wildman–Crippen LogP) is 3.83. The lowest BCUT2D eigenvalue weighted by molar-refractivity contribution is 1.42. The Kier molecular flexibility index (Phi) is 11.4. The van der Waals surface area contributed by atoms with Gasteiger partial charge in [0.25, 0.3) is 0 Å². The van der Waals surface area contributed by atoms with E-state index in [4.69, 9.17) is 0 Å². The van der Waals surface area contributed by atoms with Crippen molar-refractivity contribution in [1.29, 1.82) is 0 Å². The first-order chi connectivity index (χ1) is 6.13. The summed E-state index contributed by atoms with van der Waals surface area (Å²) < 4.78 is 0. The second-order valence-corrected chi connectivity index (χ2v) is 2.86. The molecule has 0 heterocycles. The zero-order valence-electron chi connectivity index (χ0n) is 8.75. The molecule has 13 heavy (non-hydrogen) atoms. The van der Waals surface area contributed by atoms with Crippen molar-refractivity contribution >= 4 is 0 Å². The van der Waals surface area contributed by atoms with Crippen molar-refractivity contribution in [2.24, 2.45) is 0 Å². The van der Waals surface area contributed by atoms with Crippen molar-refractivity contribution in [3.05, 3.63) is 48.0 Å². The van der Waals surface area contributed by atoms with Gasteiger partial charge in [0.1, 0.15) is 0 Å². The van der Waals surface area contributed by atoms with Crippen LogP contribution in [0.5, 0.6) is 0 Å². The van der Waals surface area contributed by atoms with E-state index in [1.165, 1.54) is 11.1 Å². The molecular formula is C13H18. The average molecular weight is 174 g/mol. The number of hydrogen-bond donors (Lipinski definition) is 0. The van der Waals surface area contributed by atoms with E-state index >= 15 is 0 Å². The summed E-state index contributed by atoms with van der Waals surface area (Å²) in [5.74, 6) is 0. The molecule has 0 bridgehead atoms. The predicted molar refractivity (Wildman–Crippen MR) is 61.6 cm³/mol. The minimum Gasteiger partial charge on any atom is -0.124 e. The van der Waals surface area contributed by atoms with Gasteiger partial charge in [-0.25, -0.2) is 0 Å². The van der Waals surface area contributed by atoms with Crippen LogP contribution < -0.4 is 0 Å². The largest absolute Gasteiger partial charge is 0.124 e. The van der Waals surface area contributed by atoms with E-state index in [1.54, 1.807) is 0 Å². The van der Waals surface area contributed by atoms with Crippen molar-refractivity contribution < 1.29 is 0 Å². The van der Waals surface area contributed by atoms with Crippen molar-refractivity contribution in [3.8, 4) is 12.8 Å². The topological polar surface area (TPSA) is 0 Å². The molecule has 0 fully saturated rings. The summed E-state index contributed by atoms with van der Waals surface area (Å²) in [5.41, 5.74) is 2.49. The molecule has 0 saturated carbocycles. The van der Waals surface area contributed by atoms with Crippen LogP contribution in [0.3, 0.4) is 0 Å². The Labute approximate surface area is 82.3 Å². The van der Waals surface area contributed by atoms with Gasteiger partial charge in [0.05, 0.1) is 0 Å². The molecule has 1 aromatic rings. The molecule has 0 nitrogen and oxygen atoms in total. The molecule has 0 radical (unpaired) electrons. The molecule has 0 unspecified atom stereocenters. The van der Waals surface area contributed by atoms with Crippen molar-refractivity contribution in [2.75, 3.05) is 0 Å². The van der Waals surface area contributed by atoms with Crippen LogP contribution >= 0.6 is 0 Å². The number of benzene rings is 1. The van der Waals surface area contributed by atoms with E-state index in [9.17, 15) is 0 Å². The zero-order chi connectivity index (χ0) is 10.7. The van der Waals surface area contributed by atoms with E-state index in [0.29, 0.717) is 0 Å². The molecule has 0 N–H and O–H groups in total. The Morgan fingerprint density at radius 3 is 1.54 bits per heavy atom. The van der Waals surface area contributed by atoms with Crippen LogP contribution in [-0.4, -0.2) is 0 Å². The Balaban J connectivity index is 0. The molecule has 70 valence electrons. The van der Waals surface area contributed by atoms with Gasteiger partial charge in [-0.15, -0.1) is 19.4 Å². The third-order valence-electron chi connectivity index (χ3n) is 0.940. The number of terminal acetylenes is 1. The summed E-state index contributed by atoms with van der Waals surface area (Å²) in [6.45, 7) is 9.58. The molecule has 0 spiro atoms. The first-order valence-electron chi connectivity index (χ1n) is 4.10. The van der Waals surface area contributed by atoms with Crippen LogP contribution in [-0.2, 0) is 0 Å². The lowest BCUT2D eigenvalue weighted by atomic mass is 10.2. The Bertz CT molecular complexity index is 225. The van der Waals surface area contributed by atoms with Gasteiger partial charge in [-0.1, -0.05) is 41.5 Å². The highest BCUT2D eigenvalue weighted by Crippen LogP contribution is 1.92. The van der Waals surface area contributed by atoms with E-state index in [2.05, 4.69) is 38.5 Å². The Morgan fingerprint density at radius 1 is 1.08 bits per heavy atom. The van der Waals surface area contributed by atoms with Gasteiger partial charge in [-0.05, 0) is 20.8 Å². The van der Waals surface area contributed by atoms with E-state index in [1.807, 2.05) is 32.0 Å².